The second-order valence-electron chi connectivity index (χ2n) is 3.83. The number of carbonyl (C=O) groups is 1. The third-order valence-corrected chi connectivity index (χ3v) is 4.45. The van der Waals surface area contributed by atoms with Gasteiger partial charge in [-0.15, -0.1) is 11.3 Å². The maximum atomic E-state index is 11.8. The van der Waals surface area contributed by atoms with Crippen LogP contribution in [-0.4, -0.2) is 21.0 Å². The van der Waals surface area contributed by atoms with Gasteiger partial charge in [0.25, 0.3) is 0 Å². The second-order valence-corrected chi connectivity index (χ2v) is 6.30. The van der Waals surface area contributed by atoms with Crippen LogP contribution in [0.1, 0.15) is 41.9 Å². The lowest BCUT2D eigenvalue weighted by Gasteiger charge is -2.05. The molecule has 0 unspecified atom stereocenters. The van der Waals surface area contributed by atoms with Crippen molar-refractivity contribution in [1.29, 1.82) is 0 Å². The van der Waals surface area contributed by atoms with Crippen LogP contribution in [0.3, 0.4) is 0 Å². The van der Waals surface area contributed by atoms with Crippen LogP contribution in [0.15, 0.2) is 10.3 Å². The van der Waals surface area contributed by atoms with E-state index in [0.717, 1.165) is 6.42 Å². The third-order valence-electron chi connectivity index (χ3n) is 2.24. The molecule has 0 aliphatic rings. The van der Waals surface area contributed by atoms with Crippen molar-refractivity contribution < 1.29 is 17.9 Å². The summed E-state index contributed by atoms with van der Waals surface area (Å²) in [6.07, 6.45) is 2.05. The lowest BCUT2D eigenvalue weighted by atomic mass is 10.2. The summed E-state index contributed by atoms with van der Waals surface area (Å²) in [6.45, 7) is 4.06. The first-order chi connectivity index (χ1) is 8.41. The molecule has 0 amide bonds. The fourth-order valence-electron chi connectivity index (χ4n) is 1.51. The summed E-state index contributed by atoms with van der Waals surface area (Å²) in [7, 11) is -3.90. The van der Waals surface area contributed by atoms with Crippen molar-refractivity contribution in [2.24, 2.45) is 5.14 Å². The maximum Gasteiger partial charge on any atom is 0.340 e. The van der Waals surface area contributed by atoms with Crippen molar-refractivity contribution in [2.75, 3.05) is 6.61 Å². The van der Waals surface area contributed by atoms with Crippen molar-refractivity contribution in [3.63, 3.8) is 0 Å². The fourth-order valence-corrected chi connectivity index (χ4v) is 3.96. The van der Waals surface area contributed by atoms with E-state index in [-0.39, 0.29) is 17.1 Å². The molecule has 0 aliphatic heterocycles. The lowest BCUT2D eigenvalue weighted by Crippen LogP contribution is -2.18. The molecule has 0 radical (unpaired) electrons. The molecule has 1 aromatic rings. The van der Waals surface area contributed by atoms with E-state index in [2.05, 4.69) is 0 Å². The summed E-state index contributed by atoms with van der Waals surface area (Å²) >= 11 is 1.23. The van der Waals surface area contributed by atoms with Crippen LogP contribution in [0.25, 0.3) is 0 Å². The number of hydrogen-bond donors (Lipinski definition) is 1. The Bertz CT molecular complexity index is 519. The van der Waals surface area contributed by atoms with Crippen LogP contribution in [-0.2, 0) is 21.2 Å². The number of esters is 1. The van der Waals surface area contributed by atoms with Crippen LogP contribution in [0.2, 0.25) is 0 Å². The Hall–Kier alpha value is -0.920. The highest BCUT2D eigenvalue weighted by Crippen LogP contribution is 2.28. The van der Waals surface area contributed by atoms with Gasteiger partial charge in [-0.1, -0.05) is 20.3 Å². The van der Waals surface area contributed by atoms with Crippen LogP contribution >= 0.6 is 11.3 Å². The first kappa shape index (κ1) is 15.1. The molecule has 0 fully saturated rings. The van der Waals surface area contributed by atoms with Crippen molar-refractivity contribution >= 4 is 27.3 Å². The Balaban J connectivity index is 3.16. The summed E-state index contributed by atoms with van der Waals surface area (Å²) in [4.78, 5) is 12.3. The van der Waals surface area contributed by atoms with E-state index in [1.807, 2.05) is 13.8 Å². The predicted molar refractivity (Wildman–Crippen MR) is 70.3 cm³/mol. The van der Waals surface area contributed by atoms with Crippen LogP contribution < -0.4 is 5.14 Å². The fraction of sp³-hybridized carbons (Fsp3) is 0.545. The van der Waals surface area contributed by atoms with E-state index in [9.17, 15) is 13.2 Å². The molecule has 0 bridgehead atoms. The monoisotopic (exact) mass is 291 g/mol. The number of sulfonamides is 1. The minimum Gasteiger partial charge on any atom is -0.462 e. The summed E-state index contributed by atoms with van der Waals surface area (Å²) in [5, 5.41) is 6.67. The zero-order valence-corrected chi connectivity index (χ0v) is 12.1. The topological polar surface area (TPSA) is 86.5 Å². The Morgan fingerprint density at radius 3 is 2.56 bits per heavy atom. The highest BCUT2D eigenvalue weighted by Gasteiger charge is 2.26. The maximum absolute atomic E-state index is 11.8. The van der Waals surface area contributed by atoms with Gasteiger partial charge >= 0.3 is 5.97 Å². The molecule has 0 spiro atoms. The van der Waals surface area contributed by atoms with Gasteiger partial charge in [-0.3, -0.25) is 0 Å². The lowest BCUT2D eigenvalue weighted by molar-refractivity contribution is 0.0501. The number of rotatable bonds is 6. The van der Waals surface area contributed by atoms with E-state index < -0.39 is 16.0 Å². The van der Waals surface area contributed by atoms with Gasteiger partial charge in [-0.25, -0.2) is 18.4 Å². The number of nitrogens with two attached hydrogens (primary N) is 1. The predicted octanol–water partition coefficient (Wildman–Crippen LogP) is 1.91. The van der Waals surface area contributed by atoms with Gasteiger partial charge in [0, 0.05) is 10.3 Å². The molecule has 1 heterocycles. The Kier molecular flexibility index (Phi) is 5.30. The number of primary sulfonamides is 1. The average molecular weight is 291 g/mol. The Morgan fingerprint density at radius 1 is 1.39 bits per heavy atom. The van der Waals surface area contributed by atoms with Crippen LogP contribution in [0.4, 0.5) is 0 Å². The molecular weight excluding hydrogens is 274 g/mol. The first-order valence-corrected chi connectivity index (χ1v) is 8.14. The van der Waals surface area contributed by atoms with Gasteiger partial charge in [-0.05, 0) is 12.8 Å². The SMILES string of the molecule is CCCOC(=O)c1csc(CCC)c1S(N)(=O)=O. The number of hydrogen-bond acceptors (Lipinski definition) is 5. The molecule has 7 heteroatoms. The largest absolute Gasteiger partial charge is 0.462 e. The van der Waals surface area contributed by atoms with Crippen LogP contribution in [0, 0.1) is 0 Å². The molecule has 1 aromatic heterocycles. The zero-order valence-electron chi connectivity index (χ0n) is 10.4. The first-order valence-electron chi connectivity index (χ1n) is 5.72. The molecular formula is C11H17NO4S2. The summed E-state index contributed by atoms with van der Waals surface area (Å²) in [5.74, 6) is -0.625. The highest BCUT2D eigenvalue weighted by molar-refractivity contribution is 7.89. The molecule has 0 saturated heterocycles. The van der Waals surface area contributed by atoms with Crippen molar-refractivity contribution in [3.8, 4) is 0 Å². The Labute approximate surface area is 111 Å². The number of ether oxygens (including phenoxy) is 1. The average Bonchev–Trinajstić information content (AvgIpc) is 2.70. The number of carbonyl (C=O) groups excluding carboxylic acids is 1. The van der Waals surface area contributed by atoms with Crippen molar-refractivity contribution in [2.45, 2.75) is 38.0 Å². The van der Waals surface area contributed by atoms with E-state index >= 15 is 0 Å². The number of thiophene rings is 1. The van der Waals surface area contributed by atoms with Gasteiger partial charge in [-0.2, -0.15) is 0 Å². The third kappa shape index (κ3) is 3.54. The quantitative estimate of drug-likeness (QED) is 0.811. The standard InChI is InChI=1S/C11H17NO4S2/c1-3-5-9-10(18(12,14)15)8(7-17-9)11(13)16-6-4-2/h7H,3-6H2,1-2H3,(H2,12,14,15). The van der Waals surface area contributed by atoms with Crippen molar-refractivity contribution in [3.05, 3.63) is 15.8 Å². The smallest absolute Gasteiger partial charge is 0.340 e. The highest BCUT2D eigenvalue weighted by atomic mass is 32.2. The summed E-state index contributed by atoms with van der Waals surface area (Å²) < 4.78 is 28.1. The summed E-state index contributed by atoms with van der Waals surface area (Å²) in [5.41, 5.74) is 0.0550. The minimum atomic E-state index is -3.90. The Morgan fingerprint density at radius 2 is 2.06 bits per heavy atom. The number of aryl methyl sites for hydroxylation is 1. The summed E-state index contributed by atoms with van der Waals surface area (Å²) in [6, 6.07) is 0. The molecule has 102 valence electrons. The van der Waals surface area contributed by atoms with Gasteiger partial charge in [0.05, 0.1) is 12.2 Å². The van der Waals surface area contributed by atoms with Gasteiger partial charge < -0.3 is 4.74 Å². The molecule has 18 heavy (non-hydrogen) atoms. The molecule has 5 nitrogen and oxygen atoms in total. The van der Waals surface area contributed by atoms with E-state index in [1.54, 1.807) is 0 Å². The van der Waals surface area contributed by atoms with Gasteiger partial charge in [0.15, 0.2) is 0 Å². The molecule has 0 saturated carbocycles. The molecule has 1 rings (SSSR count). The van der Waals surface area contributed by atoms with Crippen LogP contribution in [0.5, 0.6) is 0 Å². The van der Waals surface area contributed by atoms with E-state index in [0.29, 0.717) is 17.7 Å². The van der Waals surface area contributed by atoms with Gasteiger partial charge in [0.2, 0.25) is 10.0 Å². The zero-order chi connectivity index (χ0) is 13.8. The van der Waals surface area contributed by atoms with E-state index in [1.165, 1.54) is 16.7 Å². The van der Waals surface area contributed by atoms with Gasteiger partial charge in [0.1, 0.15) is 4.90 Å². The van der Waals surface area contributed by atoms with E-state index in [4.69, 9.17) is 9.88 Å². The molecule has 0 atom stereocenters. The minimum absolute atomic E-state index is 0.0550. The normalized spacial score (nSPS) is 11.5. The molecule has 0 aliphatic carbocycles. The van der Waals surface area contributed by atoms with Crippen molar-refractivity contribution in [1.82, 2.24) is 0 Å². The second kappa shape index (κ2) is 6.31. The molecule has 0 aromatic carbocycles. The molecule has 2 N–H and O–H groups in total.